The zero-order valence-corrected chi connectivity index (χ0v) is 8.48. The van der Waals surface area contributed by atoms with E-state index in [1.165, 1.54) is 0 Å². The second-order valence-corrected chi connectivity index (χ2v) is 3.43. The number of nitrogens with two attached hydrogens (primary N) is 1. The van der Waals surface area contributed by atoms with Crippen LogP contribution >= 0.6 is 0 Å². The fraction of sp³-hybridized carbons (Fsp3) is 0.400. The second-order valence-electron chi connectivity index (χ2n) is 3.43. The molecule has 5 heteroatoms. The van der Waals surface area contributed by atoms with Crippen molar-refractivity contribution < 1.29 is 14.5 Å². The summed E-state index contributed by atoms with van der Waals surface area (Å²) in [6, 6.07) is 5.81. The van der Waals surface area contributed by atoms with E-state index in [1.54, 1.807) is 0 Å². The van der Waals surface area contributed by atoms with Crippen LogP contribution < -0.4 is 15.9 Å². The van der Waals surface area contributed by atoms with E-state index in [9.17, 15) is 0 Å². The molecule has 1 aliphatic rings. The van der Waals surface area contributed by atoms with E-state index < -0.39 is 0 Å². The molecule has 1 aliphatic heterocycles. The van der Waals surface area contributed by atoms with Crippen LogP contribution in [-0.4, -0.2) is 32.3 Å². The van der Waals surface area contributed by atoms with E-state index >= 15 is 0 Å². The summed E-state index contributed by atoms with van der Waals surface area (Å²) in [6.07, 6.45) is -0.0160. The molecule has 4 nitrogen and oxygen atoms in total. The van der Waals surface area contributed by atoms with Gasteiger partial charge in [-0.2, -0.15) is 0 Å². The van der Waals surface area contributed by atoms with Crippen molar-refractivity contribution in [2.75, 3.05) is 19.8 Å². The van der Waals surface area contributed by atoms with Gasteiger partial charge in [0.1, 0.15) is 12.4 Å². The molecule has 15 heavy (non-hydrogen) atoms. The van der Waals surface area contributed by atoms with Crippen LogP contribution in [0.15, 0.2) is 18.2 Å². The number of ether oxygens (including phenoxy) is 1. The van der Waals surface area contributed by atoms with Crippen LogP contribution in [0.1, 0.15) is 11.7 Å². The molecule has 0 spiro atoms. The normalized spacial score (nSPS) is 18.4. The molecule has 1 aromatic rings. The third-order valence-corrected chi connectivity index (χ3v) is 2.51. The van der Waals surface area contributed by atoms with Gasteiger partial charge in [-0.25, -0.2) is 0 Å². The lowest BCUT2D eigenvalue weighted by Crippen LogP contribution is -2.17. The number of hydrogen-bond donors (Lipinski definition) is 2. The average molecular weight is 207 g/mol. The summed E-state index contributed by atoms with van der Waals surface area (Å²) in [5, 5.41) is 8.70. The predicted octanol–water partition coefficient (Wildman–Crippen LogP) is -0.935. The minimum atomic E-state index is -0.0160. The minimum absolute atomic E-state index is 0.0160. The molecule has 0 radical (unpaired) electrons. The van der Waals surface area contributed by atoms with Crippen LogP contribution in [0.2, 0.25) is 0 Å². The lowest BCUT2D eigenvalue weighted by atomic mass is 9.85. The predicted molar refractivity (Wildman–Crippen MR) is 58.7 cm³/mol. The Bertz CT molecular complexity index is 345. The first-order chi connectivity index (χ1) is 7.36. The summed E-state index contributed by atoms with van der Waals surface area (Å²) < 4.78 is 10.9. The van der Waals surface area contributed by atoms with Crippen molar-refractivity contribution in [1.82, 2.24) is 0 Å². The van der Waals surface area contributed by atoms with E-state index in [1.807, 2.05) is 18.2 Å². The number of rotatable bonds is 4. The molecule has 1 atom stereocenters. The molecule has 0 bridgehead atoms. The lowest BCUT2D eigenvalue weighted by molar-refractivity contribution is 0.202. The van der Waals surface area contributed by atoms with Crippen molar-refractivity contribution in [3.8, 4) is 5.75 Å². The zero-order chi connectivity index (χ0) is 10.7. The molecule has 1 heterocycles. The molecule has 1 aromatic carbocycles. The summed E-state index contributed by atoms with van der Waals surface area (Å²) in [4.78, 5) is 0. The van der Waals surface area contributed by atoms with Crippen LogP contribution in [0.4, 0.5) is 0 Å². The maximum atomic E-state index is 8.70. The van der Waals surface area contributed by atoms with E-state index in [-0.39, 0.29) is 12.7 Å². The highest BCUT2D eigenvalue weighted by Gasteiger charge is 2.25. The summed E-state index contributed by atoms with van der Waals surface area (Å²) in [5.74, 6) is 0.789. The van der Waals surface area contributed by atoms with Crippen molar-refractivity contribution in [2.24, 2.45) is 5.73 Å². The molecule has 1 unspecified atom stereocenters. The third-order valence-electron chi connectivity index (χ3n) is 2.51. The van der Waals surface area contributed by atoms with Crippen LogP contribution in [-0.2, 0) is 4.65 Å². The van der Waals surface area contributed by atoms with Gasteiger partial charge in [-0.05, 0) is 17.1 Å². The smallest absolute Gasteiger partial charge is 0.313 e. The topological polar surface area (TPSA) is 64.7 Å². The first-order valence-corrected chi connectivity index (χ1v) is 5.04. The van der Waals surface area contributed by atoms with Crippen LogP contribution in [0.3, 0.4) is 0 Å². The highest BCUT2D eigenvalue weighted by atomic mass is 16.5. The van der Waals surface area contributed by atoms with Gasteiger partial charge in [0.2, 0.25) is 0 Å². The molecule has 0 saturated carbocycles. The van der Waals surface area contributed by atoms with Crippen molar-refractivity contribution in [3.63, 3.8) is 0 Å². The van der Waals surface area contributed by atoms with Gasteiger partial charge in [0, 0.05) is 6.54 Å². The zero-order valence-electron chi connectivity index (χ0n) is 8.48. The molecule has 80 valence electrons. The Kier molecular flexibility index (Phi) is 3.25. The molecular weight excluding hydrogens is 193 g/mol. The Morgan fingerprint density at radius 2 is 2.40 bits per heavy atom. The average Bonchev–Trinajstić information content (AvgIpc) is 2.69. The van der Waals surface area contributed by atoms with E-state index in [0.29, 0.717) is 20.6 Å². The largest absolute Gasteiger partial charge is 0.492 e. The molecule has 0 fully saturated rings. The van der Waals surface area contributed by atoms with Gasteiger partial charge in [0.25, 0.3) is 0 Å². The van der Waals surface area contributed by atoms with Crippen LogP contribution in [0.25, 0.3) is 0 Å². The SMILES string of the molecule is NCC1OBc2c(OCCO)cccc21. The van der Waals surface area contributed by atoms with E-state index in [0.717, 1.165) is 16.8 Å². The minimum Gasteiger partial charge on any atom is -0.492 e. The van der Waals surface area contributed by atoms with Crippen molar-refractivity contribution in [1.29, 1.82) is 0 Å². The quantitative estimate of drug-likeness (QED) is 0.625. The van der Waals surface area contributed by atoms with Gasteiger partial charge in [-0.15, -0.1) is 0 Å². The Labute approximate surface area is 89.3 Å². The highest BCUT2D eigenvalue weighted by molar-refractivity contribution is 6.50. The molecule has 0 aromatic heterocycles. The summed E-state index contributed by atoms with van der Waals surface area (Å²) in [5.41, 5.74) is 7.75. The van der Waals surface area contributed by atoms with Gasteiger partial charge in [-0.1, -0.05) is 12.1 Å². The molecule has 0 saturated heterocycles. The highest BCUT2D eigenvalue weighted by Crippen LogP contribution is 2.23. The first kappa shape index (κ1) is 10.5. The number of aliphatic hydroxyl groups excluding tert-OH is 1. The van der Waals surface area contributed by atoms with E-state index in [2.05, 4.69) is 0 Å². The molecule has 2 rings (SSSR count). The fourth-order valence-electron chi connectivity index (χ4n) is 1.80. The van der Waals surface area contributed by atoms with Crippen molar-refractivity contribution >= 4 is 12.9 Å². The molecule has 3 N–H and O–H groups in total. The molecule has 0 aliphatic carbocycles. The summed E-state index contributed by atoms with van der Waals surface area (Å²) in [7, 11) is 0.540. The molecular formula is C10H14BNO3. The number of fused-ring (bicyclic) bond motifs is 1. The van der Waals surface area contributed by atoms with E-state index in [4.69, 9.17) is 20.2 Å². The van der Waals surface area contributed by atoms with Gasteiger partial charge in [-0.3, -0.25) is 0 Å². The number of aliphatic hydroxyl groups is 1. The monoisotopic (exact) mass is 207 g/mol. The Balaban J connectivity index is 2.23. The maximum Gasteiger partial charge on any atom is 0.313 e. The van der Waals surface area contributed by atoms with Gasteiger partial charge in [0.15, 0.2) is 0 Å². The maximum absolute atomic E-state index is 8.70. The Morgan fingerprint density at radius 1 is 1.53 bits per heavy atom. The Hall–Kier alpha value is -1.04. The Morgan fingerprint density at radius 3 is 3.13 bits per heavy atom. The van der Waals surface area contributed by atoms with Gasteiger partial charge in [0.05, 0.1) is 12.7 Å². The second kappa shape index (κ2) is 4.66. The number of benzene rings is 1. The molecule has 0 amide bonds. The van der Waals surface area contributed by atoms with Gasteiger partial charge >= 0.3 is 7.48 Å². The third kappa shape index (κ3) is 1.99. The van der Waals surface area contributed by atoms with Crippen LogP contribution in [0.5, 0.6) is 5.75 Å². The van der Waals surface area contributed by atoms with Crippen molar-refractivity contribution in [3.05, 3.63) is 23.8 Å². The summed E-state index contributed by atoms with van der Waals surface area (Å²) >= 11 is 0. The number of hydrogen-bond acceptors (Lipinski definition) is 4. The van der Waals surface area contributed by atoms with Crippen LogP contribution in [0, 0.1) is 0 Å². The van der Waals surface area contributed by atoms with Gasteiger partial charge < -0.3 is 20.2 Å². The standard InChI is InChI=1S/C10H14BNO3/c12-6-9-7-2-1-3-8(14-5-4-13)10(7)11-15-9/h1-3,9,11,13H,4-6,12H2. The van der Waals surface area contributed by atoms with Crippen molar-refractivity contribution in [2.45, 2.75) is 6.10 Å². The summed E-state index contributed by atoms with van der Waals surface area (Å²) in [6.45, 7) is 0.811. The first-order valence-electron chi connectivity index (χ1n) is 5.04. The fourth-order valence-corrected chi connectivity index (χ4v) is 1.80. The lowest BCUT2D eigenvalue weighted by Gasteiger charge is -2.10.